The van der Waals surface area contributed by atoms with Gasteiger partial charge in [-0.05, 0) is 12.8 Å². The molecule has 0 aromatic carbocycles. The molecule has 0 saturated carbocycles. The molecule has 0 spiro atoms. The summed E-state index contributed by atoms with van der Waals surface area (Å²) in [4.78, 5) is 0. The third-order valence-electron chi connectivity index (χ3n) is 2.05. The Morgan fingerprint density at radius 2 is 1.75 bits per heavy atom. The lowest BCUT2D eigenvalue weighted by molar-refractivity contribution is -0.0199. The SMILES string of the molecule is CCC(CC)OCC(C)(C)CO. The summed E-state index contributed by atoms with van der Waals surface area (Å²) in [6, 6.07) is 0. The monoisotopic (exact) mass is 174 g/mol. The average molecular weight is 174 g/mol. The molecular weight excluding hydrogens is 152 g/mol. The number of ether oxygens (including phenoxy) is 1. The van der Waals surface area contributed by atoms with Gasteiger partial charge >= 0.3 is 0 Å². The second-order valence-electron chi connectivity index (χ2n) is 4.07. The normalized spacial score (nSPS) is 12.5. The number of aliphatic hydroxyl groups is 1. The predicted molar refractivity (Wildman–Crippen MR) is 51.2 cm³/mol. The Kier molecular flexibility index (Phi) is 5.51. The van der Waals surface area contributed by atoms with Crippen molar-refractivity contribution in [3.8, 4) is 0 Å². The molecule has 0 atom stereocenters. The van der Waals surface area contributed by atoms with Gasteiger partial charge in [-0.25, -0.2) is 0 Å². The molecule has 0 aromatic rings. The molecular formula is C10H22O2. The Balaban J connectivity index is 3.65. The Morgan fingerprint density at radius 1 is 1.25 bits per heavy atom. The van der Waals surface area contributed by atoms with Crippen LogP contribution in [0.25, 0.3) is 0 Å². The van der Waals surface area contributed by atoms with Crippen LogP contribution in [0.4, 0.5) is 0 Å². The fourth-order valence-corrected chi connectivity index (χ4v) is 0.913. The van der Waals surface area contributed by atoms with Crippen molar-refractivity contribution in [3.05, 3.63) is 0 Å². The van der Waals surface area contributed by atoms with Crippen LogP contribution in [-0.4, -0.2) is 24.4 Å². The minimum Gasteiger partial charge on any atom is -0.396 e. The molecule has 0 amide bonds. The van der Waals surface area contributed by atoms with Gasteiger partial charge in [-0.3, -0.25) is 0 Å². The molecule has 0 aliphatic rings. The second-order valence-corrected chi connectivity index (χ2v) is 4.07. The summed E-state index contributed by atoms with van der Waals surface area (Å²) in [5.41, 5.74) is -0.0947. The molecule has 2 nitrogen and oxygen atoms in total. The standard InChI is InChI=1S/C10H22O2/c1-5-9(6-2)12-8-10(3,4)7-11/h9,11H,5-8H2,1-4H3. The minimum absolute atomic E-state index is 0.0947. The van der Waals surface area contributed by atoms with Crippen molar-refractivity contribution >= 4 is 0 Å². The van der Waals surface area contributed by atoms with Crippen LogP contribution in [-0.2, 0) is 4.74 Å². The first-order chi connectivity index (χ1) is 5.55. The average Bonchev–Trinajstić information content (AvgIpc) is 2.06. The predicted octanol–water partition coefficient (Wildman–Crippen LogP) is 2.21. The van der Waals surface area contributed by atoms with Gasteiger partial charge in [-0.2, -0.15) is 0 Å². The highest BCUT2D eigenvalue weighted by atomic mass is 16.5. The second kappa shape index (κ2) is 5.55. The van der Waals surface area contributed by atoms with E-state index in [2.05, 4.69) is 13.8 Å². The first kappa shape index (κ1) is 11.9. The van der Waals surface area contributed by atoms with E-state index >= 15 is 0 Å². The molecule has 0 radical (unpaired) electrons. The number of hydrogen-bond donors (Lipinski definition) is 1. The van der Waals surface area contributed by atoms with Crippen LogP contribution >= 0.6 is 0 Å². The quantitative estimate of drug-likeness (QED) is 0.669. The van der Waals surface area contributed by atoms with Gasteiger partial charge < -0.3 is 9.84 Å². The largest absolute Gasteiger partial charge is 0.396 e. The van der Waals surface area contributed by atoms with E-state index in [0.717, 1.165) is 12.8 Å². The topological polar surface area (TPSA) is 29.5 Å². The van der Waals surface area contributed by atoms with Crippen molar-refractivity contribution in [1.29, 1.82) is 0 Å². The van der Waals surface area contributed by atoms with Crippen LogP contribution in [0.5, 0.6) is 0 Å². The van der Waals surface area contributed by atoms with E-state index in [0.29, 0.717) is 12.7 Å². The van der Waals surface area contributed by atoms with Gasteiger partial charge in [0.25, 0.3) is 0 Å². The molecule has 0 heterocycles. The lowest BCUT2D eigenvalue weighted by Gasteiger charge is -2.24. The third-order valence-corrected chi connectivity index (χ3v) is 2.05. The van der Waals surface area contributed by atoms with Crippen LogP contribution in [0, 0.1) is 5.41 Å². The van der Waals surface area contributed by atoms with Crippen LogP contribution < -0.4 is 0 Å². The number of rotatable bonds is 6. The molecule has 0 fully saturated rings. The molecule has 0 unspecified atom stereocenters. The smallest absolute Gasteiger partial charge is 0.0570 e. The van der Waals surface area contributed by atoms with E-state index in [1.165, 1.54) is 0 Å². The molecule has 0 bridgehead atoms. The van der Waals surface area contributed by atoms with E-state index in [9.17, 15) is 0 Å². The summed E-state index contributed by atoms with van der Waals surface area (Å²) < 4.78 is 5.64. The van der Waals surface area contributed by atoms with Crippen molar-refractivity contribution in [2.75, 3.05) is 13.2 Å². The Morgan fingerprint density at radius 3 is 2.08 bits per heavy atom. The fourth-order valence-electron chi connectivity index (χ4n) is 0.913. The van der Waals surface area contributed by atoms with E-state index in [1.54, 1.807) is 0 Å². The maximum atomic E-state index is 8.97. The maximum Gasteiger partial charge on any atom is 0.0570 e. The summed E-state index contributed by atoms with van der Waals surface area (Å²) in [7, 11) is 0. The van der Waals surface area contributed by atoms with E-state index in [-0.39, 0.29) is 12.0 Å². The van der Waals surface area contributed by atoms with Crippen LogP contribution in [0.2, 0.25) is 0 Å². The highest BCUT2D eigenvalue weighted by Crippen LogP contribution is 2.16. The minimum atomic E-state index is -0.0947. The molecule has 0 aromatic heterocycles. The van der Waals surface area contributed by atoms with E-state index in [4.69, 9.17) is 9.84 Å². The molecule has 0 aliphatic carbocycles. The van der Waals surface area contributed by atoms with Crippen molar-refractivity contribution in [2.45, 2.75) is 46.6 Å². The van der Waals surface area contributed by atoms with Crippen LogP contribution in [0.3, 0.4) is 0 Å². The Labute approximate surface area is 75.9 Å². The molecule has 1 N–H and O–H groups in total. The molecule has 74 valence electrons. The maximum absolute atomic E-state index is 8.97. The number of aliphatic hydroxyl groups excluding tert-OH is 1. The van der Waals surface area contributed by atoms with E-state index < -0.39 is 0 Å². The Bertz CT molecular complexity index is 106. The van der Waals surface area contributed by atoms with E-state index in [1.807, 2.05) is 13.8 Å². The molecule has 0 rings (SSSR count). The van der Waals surface area contributed by atoms with Crippen molar-refractivity contribution < 1.29 is 9.84 Å². The van der Waals surface area contributed by atoms with Crippen molar-refractivity contribution in [3.63, 3.8) is 0 Å². The van der Waals surface area contributed by atoms with Crippen molar-refractivity contribution in [2.24, 2.45) is 5.41 Å². The zero-order chi connectivity index (χ0) is 9.61. The van der Waals surface area contributed by atoms with Crippen LogP contribution in [0.15, 0.2) is 0 Å². The highest BCUT2D eigenvalue weighted by Gasteiger charge is 2.18. The van der Waals surface area contributed by atoms with Crippen LogP contribution in [0.1, 0.15) is 40.5 Å². The number of hydrogen-bond acceptors (Lipinski definition) is 2. The molecule has 0 aliphatic heterocycles. The van der Waals surface area contributed by atoms with Gasteiger partial charge in [-0.15, -0.1) is 0 Å². The summed E-state index contributed by atoms with van der Waals surface area (Å²) in [5.74, 6) is 0. The summed E-state index contributed by atoms with van der Waals surface area (Å²) in [5, 5.41) is 8.97. The zero-order valence-electron chi connectivity index (χ0n) is 8.76. The van der Waals surface area contributed by atoms with Gasteiger partial charge in [0.15, 0.2) is 0 Å². The highest BCUT2D eigenvalue weighted by molar-refractivity contribution is 4.66. The van der Waals surface area contributed by atoms with Gasteiger partial charge in [0.05, 0.1) is 19.3 Å². The van der Waals surface area contributed by atoms with Gasteiger partial charge in [-0.1, -0.05) is 27.7 Å². The van der Waals surface area contributed by atoms with Crippen molar-refractivity contribution in [1.82, 2.24) is 0 Å². The third kappa shape index (κ3) is 4.73. The Hall–Kier alpha value is -0.0800. The summed E-state index contributed by atoms with van der Waals surface area (Å²) in [6.45, 7) is 9.11. The lowest BCUT2D eigenvalue weighted by Crippen LogP contribution is -2.26. The summed E-state index contributed by atoms with van der Waals surface area (Å²) in [6.07, 6.45) is 2.46. The first-order valence-electron chi connectivity index (χ1n) is 4.78. The molecule has 0 saturated heterocycles. The van der Waals surface area contributed by atoms with Gasteiger partial charge in [0.1, 0.15) is 0 Å². The lowest BCUT2D eigenvalue weighted by atomic mass is 9.96. The zero-order valence-corrected chi connectivity index (χ0v) is 8.76. The summed E-state index contributed by atoms with van der Waals surface area (Å²) >= 11 is 0. The molecule has 2 heteroatoms. The first-order valence-corrected chi connectivity index (χ1v) is 4.78. The van der Waals surface area contributed by atoms with Gasteiger partial charge in [0.2, 0.25) is 0 Å². The van der Waals surface area contributed by atoms with Gasteiger partial charge in [0, 0.05) is 5.41 Å². The fraction of sp³-hybridized carbons (Fsp3) is 1.00. The molecule has 12 heavy (non-hydrogen) atoms.